The van der Waals surface area contributed by atoms with Crippen molar-refractivity contribution in [1.82, 2.24) is 4.90 Å². The smallest absolute Gasteiger partial charge is 0.0446 e. The van der Waals surface area contributed by atoms with E-state index >= 15 is 0 Å². The van der Waals surface area contributed by atoms with Gasteiger partial charge >= 0.3 is 0 Å². The molecular weight excluding hydrogens is 244 g/mol. The number of likely N-dealkylation sites (N-methyl/N-ethyl adjacent to an activating group) is 2. The number of anilines is 1. The Morgan fingerprint density at radius 3 is 2.15 bits per heavy atom. The highest BCUT2D eigenvalue weighted by molar-refractivity contribution is 5.94. The summed E-state index contributed by atoms with van der Waals surface area (Å²) in [6, 6.07) is 15.3. The van der Waals surface area contributed by atoms with E-state index in [1.807, 2.05) is 0 Å². The maximum Gasteiger partial charge on any atom is 0.0446 e. The number of fused-ring (bicyclic) bond motifs is 1. The van der Waals surface area contributed by atoms with Crippen LogP contribution in [0.15, 0.2) is 42.5 Å². The van der Waals surface area contributed by atoms with Gasteiger partial charge in [-0.1, -0.05) is 50.2 Å². The first-order chi connectivity index (χ1) is 9.80. The van der Waals surface area contributed by atoms with Crippen LogP contribution in [0.3, 0.4) is 0 Å². The Balaban J connectivity index is 2.21. The second kappa shape index (κ2) is 7.30. The molecule has 20 heavy (non-hydrogen) atoms. The maximum absolute atomic E-state index is 2.49. The van der Waals surface area contributed by atoms with Crippen LogP contribution >= 0.6 is 0 Å². The minimum absolute atomic E-state index is 1.05. The first kappa shape index (κ1) is 14.9. The van der Waals surface area contributed by atoms with Crippen LogP contribution in [0.2, 0.25) is 0 Å². The van der Waals surface area contributed by atoms with E-state index in [-0.39, 0.29) is 0 Å². The molecule has 0 N–H and O–H groups in total. The third-order valence-electron chi connectivity index (χ3n) is 4.07. The summed E-state index contributed by atoms with van der Waals surface area (Å²) in [4.78, 5) is 4.97. The highest BCUT2D eigenvalue weighted by atomic mass is 15.2. The minimum Gasteiger partial charge on any atom is -0.370 e. The average Bonchev–Trinajstić information content (AvgIpc) is 2.51. The van der Waals surface area contributed by atoms with E-state index in [4.69, 9.17) is 0 Å². The van der Waals surface area contributed by atoms with Gasteiger partial charge in [0, 0.05) is 30.7 Å². The van der Waals surface area contributed by atoms with Crippen molar-refractivity contribution in [1.29, 1.82) is 0 Å². The second-order valence-electron chi connectivity index (χ2n) is 5.10. The van der Waals surface area contributed by atoms with E-state index in [1.54, 1.807) is 0 Å². The highest BCUT2D eigenvalue weighted by Crippen LogP contribution is 2.26. The summed E-state index contributed by atoms with van der Waals surface area (Å²) in [5.74, 6) is 0. The van der Waals surface area contributed by atoms with Gasteiger partial charge in [0.25, 0.3) is 0 Å². The Morgan fingerprint density at radius 2 is 1.45 bits per heavy atom. The van der Waals surface area contributed by atoms with E-state index in [0.717, 1.165) is 32.7 Å². The Labute approximate surface area is 123 Å². The van der Waals surface area contributed by atoms with Crippen molar-refractivity contribution in [2.75, 3.05) is 37.6 Å². The molecule has 0 atom stereocenters. The Bertz CT molecular complexity index is 526. The molecule has 108 valence electrons. The first-order valence-electron chi connectivity index (χ1n) is 7.75. The molecule has 2 rings (SSSR count). The zero-order chi connectivity index (χ0) is 14.4. The normalized spacial score (nSPS) is 11.2. The molecular formula is C18H26N2. The largest absolute Gasteiger partial charge is 0.370 e. The van der Waals surface area contributed by atoms with E-state index in [9.17, 15) is 0 Å². The van der Waals surface area contributed by atoms with Crippen molar-refractivity contribution in [3.05, 3.63) is 42.5 Å². The van der Waals surface area contributed by atoms with Gasteiger partial charge in [0.15, 0.2) is 0 Å². The quantitative estimate of drug-likeness (QED) is 0.750. The Morgan fingerprint density at radius 1 is 0.750 bits per heavy atom. The zero-order valence-corrected chi connectivity index (χ0v) is 13.0. The molecule has 2 aromatic rings. The molecule has 0 radical (unpaired) electrons. The highest BCUT2D eigenvalue weighted by Gasteiger charge is 2.09. The summed E-state index contributed by atoms with van der Waals surface area (Å²) in [5, 5.41) is 2.68. The number of rotatable bonds is 7. The van der Waals surface area contributed by atoms with E-state index < -0.39 is 0 Å². The summed E-state index contributed by atoms with van der Waals surface area (Å²) < 4.78 is 0. The number of benzene rings is 2. The molecule has 0 saturated carbocycles. The molecule has 0 fully saturated rings. The summed E-state index contributed by atoms with van der Waals surface area (Å²) in [6.45, 7) is 12.2. The lowest BCUT2D eigenvalue weighted by Gasteiger charge is -2.28. The van der Waals surface area contributed by atoms with Crippen LogP contribution < -0.4 is 4.90 Å². The van der Waals surface area contributed by atoms with Gasteiger partial charge in [-0.15, -0.1) is 0 Å². The fourth-order valence-corrected chi connectivity index (χ4v) is 2.73. The summed E-state index contributed by atoms with van der Waals surface area (Å²) >= 11 is 0. The average molecular weight is 270 g/mol. The van der Waals surface area contributed by atoms with Crippen LogP contribution in [-0.2, 0) is 0 Å². The molecule has 0 saturated heterocycles. The van der Waals surface area contributed by atoms with Crippen LogP contribution in [0, 0.1) is 0 Å². The van der Waals surface area contributed by atoms with Crippen molar-refractivity contribution in [3.8, 4) is 0 Å². The maximum atomic E-state index is 2.49. The fraction of sp³-hybridized carbons (Fsp3) is 0.444. The van der Waals surface area contributed by atoms with Crippen LogP contribution in [0.1, 0.15) is 20.8 Å². The van der Waals surface area contributed by atoms with Gasteiger partial charge in [0.1, 0.15) is 0 Å². The van der Waals surface area contributed by atoms with E-state index in [2.05, 4.69) is 73.0 Å². The predicted molar refractivity (Wildman–Crippen MR) is 89.6 cm³/mol. The molecule has 0 heterocycles. The van der Waals surface area contributed by atoms with Crippen molar-refractivity contribution < 1.29 is 0 Å². The third-order valence-corrected chi connectivity index (χ3v) is 4.07. The summed E-state index contributed by atoms with van der Waals surface area (Å²) in [5.41, 5.74) is 1.36. The molecule has 0 unspecified atom stereocenters. The van der Waals surface area contributed by atoms with Gasteiger partial charge in [-0.25, -0.2) is 0 Å². The van der Waals surface area contributed by atoms with Crippen molar-refractivity contribution >= 4 is 16.5 Å². The van der Waals surface area contributed by atoms with Gasteiger partial charge < -0.3 is 9.80 Å². The van der Waals surface area contributed by atoms with E-state index in [0.29, 0.717) is 0 Å². The van der Waals surface area contributed by atoms with Gasteiger partial charge in [0.05, 0.1) is 0 Å². The molecule has 0 aliphatic heterocycles. The molecule has 0 aromatic heterocycles. The zero-order valence-electron chi connectivity index (χ0n) is 13.0. The van der Waals surface area contributed by atoms with Gasteiger partial charge in [-0.05, 0) is 31.5 Å². The lowest BCUT2D eigenvalue weighted by molar-refractivity contribution is 0.310. The SMILES string of the molecule is CCN(CC)CCN(CC)c1cccc2ccccc12. The predicted octanol–water partition coefficient (Wildman–Crippen LogP) is 4.01. The monoisotopic (exact) mass is 270 g/mol. The van der Waals surface area contributed by atoms with Gasteiger partial charge in [0.2, 0.25) is 0 Å². The second-order valence-corrected chi connectivity index (χ2v) is 5.10. The number of hydrogen-bond donors (Lipinski definition) is 0. The van der Waals surface area contributed by atoms with Crippen LogP contribution in [0.4, 0.5) is 5.69 Å². The number of hydrogen-bond acceptors (Lipinski definition) is 2. The third kappa shape index (κ3) is 3.31. The fourth-order valence-electron chi connectivity index (χ4n) is 2.73. The first-order valence-corrected chi connectivity index (χ1v) is 7.75. The molecule has 0 aliphatic rings. The van der Waals surface area contributed by atoms with Crippen molar-refractivity contribution in [3.63, 3.8) is 0 Å². The standard InChI is InChI=1S/C18H26N2/c1-4-19(5-2)14-15-20(6-3)18-13-9-11-16-10-7-8-12-17(16)18/h7-13H,4-6,14-15H2,1-3H3. The van der Waals surface area contributed by atoms with Crippen LogP contribution in [0.5, 0.6) is 0 Å². The van der Waals surface area contributed by atoms with Gasteiger partial charge in [-0.3, -0.25) is 0 Å². The molecule has 2 heteroatoms. The van der Waals surface area contributed by atoms with Crippen molar-refractivity contribution in [2.24, 2.45) is 0 Å². The lowest BCUT2D eigenvalue weighted by Crippen LogP contribution is -2.35. The van der Waals surface area contributed by atoms with Crippen LogP contribution in [0.25, 0.3) is 10.8 Å². The topological polar surface area (TPSA) is 6.48 Å². The van der Waals surface area contributed by atoms with Gasteiger partial charge in [-0.2, -0.15) is 0 Å². The Kier molecular flexibility index (Phi) is 5.42. The minimum atomic E-state index is 1.05. The molecule has 2 nitrogen and oxygen atoms in total. The van der Waals surface area contributed by atoms with Crippen LogP contribution in [-0.4, -0.2) is 37.6 Å². The molecule has 0 bridgehead atoms. The molecule has 0 amide bonds. The lowest BCUT2D eigenvalue weighted by atomic mass is 10.1. The summed E-state index contributed by atoms with van der Waals surface area (Å²) in [7, 11) is 0. The molecule has 0 spiro atoms. The number of nitrogens with zero attached hydrogens (tertiary/aromatic N) is 2. The molecule has 0 aliphatic carbocycles. The van der Waals surface area contributed by atoms with Crippen molar-refractivity contribution in [2.45, 2.75) is 20.8 Å². The molecule has 2 aromatic carbocycles. The summed E-state index contributed by atoms with van der Waals surface area (Å²) in [6.07, 6.45) is 0. The Hall–Kier alpha value is -1.54. The van der Waals surface area contributed by atoms with E-state index in [1.165, 1.54) is 16.5 Å².